The van der Waals surface area contributed by atoms with Gasteiger partial charge in [-0.1, -0.05) is 0 Å². The van der Waals surface area contributed by atoms with E-state index in [2.05, 4.69) is 4.74 Å². The molecule has 0 N–H and O–H groups in total. The summed E-state index contributed by atoms with van der Waals surface area (Å²) in [6, 6.07) is 3.15. The van der Waals surface area contributed by atoms with Gasteiger partial charge in [0.2, 0.25) is 0 Å². The molecule has 0 atom stereocenters. The Balaban J connectivity index is 3.53. The Bertz CT molecular complexity index is 580. The minimum Gasteiger partial charge on any atom is -0.462 e. The molecular weight excluding hydrogens is 317 g/mol. The molecule has 3 nitrogen and oxygen atoms in total. The summed E-state index contributed by atoms with van der Waals surface area (Å²) in [7, 11) is 0. The SMILES string of the molecule is CCOC(=O)c1ccc(C#N)c(SC(F)(F)F)c1C(F)F. The zero-order valence-corrected chi connectivity index (χ0v) is 11.3. The summed E-state index contributed by atoms with van der Waals surface area (Å²) in [4.78, 5) is 10.6. The summed E-state index contributed by atoms with van der Waals surface area (Å²) < 4.78 is 68.1. The first-order valence-electron chi connectivity index (χ1n) is 5.49. The highest BCUT2D eigenvalue weighted by Gasteiger charge is 2.35. The van der Waals surface area contributed by atoms with Gasteiger partial charge < -0.3 is 4.74 Å². The molecule has 0 spiro atoms. The number of esters is 1. The monoisotopic (exact) mass is 325 g/mol. The van der Waals surface area contributed by atoms with Crippen LogP contribution in [-0.2, 0) is 4.74 Å². The zero-order chi connectivity index (χ0) is 16.2. The van der Waals surface area contributed by atoms with Crippen LogP contribution in [0.3, 0.4) is 0 Å². The van der Waals surface area contributed by atoms with Crippen molar-refractivity contribution in [3.05, 3.63) is 28.8 Å². The largest absolute Gasteiger partial charge is 0.462 e. The van der Waals surface area contributed by atoms with E-state index in [-0.39, 0.29) is 6.61 Å². The lowest BCUT2D eigenvalue weighted by molar-refractivity contribution is -0.0329. The molecule has 0 heterocycles. The van der Waals surface area contributed by atoms with Gasteiger partial charge in [0.15, 0.2) is 0 Å². The fourth-order valence-corrected chi connectivity index (χ4v) is 2.28. The van der Waals surface area contributed by atoms with Crippen molar-refractivity contribution in [3.8, 4) is 6.07 Å². The first-order chi connectivity index (χ1) is 9.71. The molecule has 0 unspecified atom stereocenters. The standard InChI is InChI=1S/C12H8F5NO2S/c1-2-20-11(19)7-4-3-6(5-18)9(8(7)10(13)14)21-12(15,16)17/h3-4,10H,2H2,1H3. The van der Waals surface area contributed by atoms with E-state index in [9.17, 15) is 26.7 Å². The van der Waals surface area contributed by atoms with Crippen LogP contribution in [0, 0.1) is 11.3 Å². The van der Waals surface area contributed by atoms with Gasteiger partial charge in [-0.2, -0.15) is 18.4 Å². The maximum atomic E-state index is 13.1. The minimum atomic E-state index is -4.87. The van der Waals surface area contributed by atoms with E-state index in [1.54, 1.807) is 0 Å². The highest BCUT2D eigenvalue weighted by molar-refractivity contribution is 8.00. The van der Waals surface area contributed by atoms with Gasteiger partial charge in [-0.05, 0) is 30.8 Å². The van der Waals surface area contributed by atoms with Crippen molar-refractivity contribution in [1.82, 2.24) is 0 Å². The van der Waals surface area contributed by atoms with Gasteiger partial charge in [-0.15, -0.1) is 0 Å². The average molecular weight is 325 g/mol. The number of nitrogens with zero attached hydrogens (tertiary/aromatic N) is 1. The van der Waals surface area contributed by atoms with E-state index in [0.717, 1.165) is 12.1 Å². The lowest BCUT2D eigenvalue weighted by Crippen LogP contribution is -2.12. The minimum absolute atomic E-state index is 0.122. The Morgan fingerprint density at radius 3 is 2.48 bits per heavy atom. The molecule has 0 amide bonds. The fraction of sp³-hybridized carbons (Fsp3) is 0.333. The molecule has 0 aliphatic carbocycles. The molecule has 1 aromatic rings. The van der Waals surface area contributed by atoms with E-state index in [1.165, 1.54) is 13.0 Å². The number of thioether (sulfide) groups is 1. The Labute approximate surface area is 120 Å². The van der Waals surface area contributed by atoms with Gasteiger partial charge in [-0.3, -0.25) is 0 Å². The number of nitriles is 1. The van der Waals surface area contributed by atoms with E-state index in [1.807, 2.05) is 0 Å². The van der Waals surface area contributed by atoms with Crippen molar-refractivity contribution < 1.29 is 31.5 Å². The maximum absolute atomic E-state index is 13.1. The molecule has 1 aromatic carbocycles. The number of halogens is 5. The smallest absolute Gasteiger partial charge is 0.446 e. The van der Waals surface area contributed by atoms with Crippen LogP contribution in [0.15, 0.2) is 17.0 Å². The van der Waals surface area contributed by atoms with Crippen LogP contribution in [0.4, 0.5) is 22.0 Å². The quantitative estimate of drug-likeness (QED) is 0.471. The zero-order valence-electron chi connectivity index (χ0n) is 10.5. The summed E-state index contributed by atoms with van der Waals surface area (Å²) in [6.45, 7) is 1.30. The van der Waals surface area contributed by atoms with Crippen LogP contribution in [0.1, 0.15) is 34.8 Å². The lowest BCUT2D eigenvalue weighted by atomic mass is 10.0. The second-order valence-corrected chi connectivity index (χ2v) is 4.66. The first kappa shape index (κ1) is 17.2. The molecule has 0 fully saturated rings. The van der Waals surface area contributed by atoms with Crippen molar-refractivity contribution in [3.63, 3.8) is 0 Å². The van der Waals surface area contributed by atoms with Crippen molar-refractivity contribution in [2.75, 3.05) is 6.61 Å². The number of rotatable bonds is 4. The summed E-state index contributed by atoms with van der Waals surface area (Å²) in [5.74, 6) is -1.17. The molecule has 0 aromatic heterocycles. The second-order valence-electron chi connectivity index (χ2n) is 3.58. The molecule has 0 radical (unpaired) electrons. The van der Waals surface area contributed by atoms with Crippen LogP contribution in [0.2, 0.25) is 0 Å². The van der Waals surface area contributed by atoms with Gasteiger partial charge in [0, 0.05) is 10.5 Å². The number of carbonyl (C=O) groups excluding carboxylic acids is 1. The van der Waals surface area contributed by atoms with Gasteiger partial charge >= 0.3 is 11.5 Å². The van der Waals surface area contributed by atoms with E-state index in [4.69, 9.17) is 5.26 Å². The van der Waals surface area contributed by atoms with Gasteiger partial charge in [-0.25, -0.2) is 13.6 Å². The highest BCUT2D eigenvalue weighted by atomic mass is 32.2. The summed E-state index contributed by atoms with van der Waals surface area (Å²) >= 11 is -0.854. The average Bonchev–Trinajstić information content (AvgIpc) is 2.36. The molecule has 114 valence electrons. The topological polar surface area (TPSA) is 50.1 Å². The molecule has 9 heteroatoms. The van der Waals surface area contributed by atoms with Crippen LogP contribution >= 0.6 is 11.8 Å². The Kier molecular flexibility index (Phi) is 5.54. The first-order valence-corrected chi connectivity index (χ1v) is 6.31. The van der Waals surface area contributed by atoms with Gasteiger partial charge in [0.1, 0.15) is 6.07 Å². The normalized spacial score (nSPS) is 11.3. The van der Waals surface area contributed by atoms with Crippen LogP contribution in [-0.4, -0.2) is 18.1 Å². The molecule has 0 aliphatic heterocycles. The predicted molar refractivity (Wildman–Crippen MR) is 64.0 cm³/mol. The molecule has 0 saturated carbocycles. The Hall–Kier alpha value is -1.82. The van der Waals surface area contributed by atoms with E-state index in [0.29, 0.717) is 0 Å². The molecular formula is C12H8F5NO2S. The third kappa shape index (κ3) is 4.32. The van der Waals surface area contributed by atoms with Crippen molar-refractivity contribution in [1.29, 1.82) is 5.26 Å². The van der Waals surface area contributed by atoms with Crippen LogP contribution in [0.5, 0.6) is 0 Å². The lowest BCUT2D eigenvalue weighted by Gasteiger charge is -2.15. The summed E-state index contributed by atoms with van der Waals surface area (Å²) in [5.41, 5.74) is -7.28. The fourth-order valence-electron chi connectivity index (χ4n) is 1.52. The Morgan fingerprint density at radius 1 is 1.43 bits per heavy atom. The molecule has 21 heavy (non-hydrogen) atoms. The van der Waals surface area contributed by atoms with Crippen LogP contribution in [0.25, 0.3) is 0 Å². The number of hydrogen-bond donors (Lipinski definition) is 0. The Morgan fingerprint density at radius 2 is 2.05 bits per heavy atom. The highest BCUT2D eigenvalue weighted by Crippen LogP contribution is 2.44. The van der Waals surface area contributed by atoms with Gasteiger partial charge in [0.05, 0.1) is 17.7 Å². The number of benzene rings is 1. The number of hydrogen-bond acceptors (Lipinski definition) is 4. The number of alkyl halides is 5. The summed E-state index contributed by atoms with van der Waals surface area (Å²) in [5, 5.41) is 8.76. The molecule has 0 bridgehead atoms. The predicted octanol–water partition coefficient (Wildman–Crippen LogP) is 4.28. The third-order valence-corrected chi connectivity index (χ3v) is 3.12. The van der Waals surface area contributed by atoms with Crippen molar-refractivity contribution >= 4 is 17.7 Å². The van der Waals surface area contributed by atoms with E-state index < -0.39 is 51.3 Å². The number of carbonyl (C=O) groups is 1. The van der Waals surface area contributed by atoms with Crippen molar-refractivity contribution in [2.45, 2.75) is 23.8 Å². The van der Waals surface area contributed by atoms with Gasteiger partial charge in [0.25, 0.3) is 6.43 Å². The van der Waals surface area contributed by atoms with Crippen LogP contribution < -0.4 is 0 Å². The van der Waals surface area contributed by atoms with Crippen molar-refractivity contribution in [2.24, 2.45) is 0 Å². The molecule has 1 rings (SSSR count). The molecule has 0 aliphatic rings. The molecule has 0 saturated heterocycles. The number of ether oxygens (including phenoxy) is 1. The third-order valence-electron chi connectivity index (χ3n) is 2.25. The van der Waals surface area contributed by atoms with E-state index >= 15 is 0 Å². The summed E-state index contributed by atoms with van der Waals surface area (Å²) in [6.07, 6.45) is -3.36. The second kappa shape index (κ2) is 6.76. The maximum Gasteiger partial charge on any atom is 0.446 e.